The van der Waals surface area contributed by atoms with Crippen molar-refractivity contribution >= 4 is 0 Å². The third-order valence-corrected chi connectivity index (χ3v) is 3.73. The third kappa shape index (κ3) is 4.38. The quantitative estimate of drug-likeness (QED) is 0.612. The molecular weight excluding hydrogens is 316 g/mol. The van der Waals surface area contributed by atoms with E-state index in [-0.39, 0.29) is 0 Å². The number of hydrogen-bond acceptors (Lipinski definition) is 5. The predicted octanol–water partition coefficient (Wildman–Crippen LogP) is 4.32. The van der Waals surface area contributed by atoms with Crippen LogP contribution in [0.2, 0.25) is 0 Å². The van der Waals surface area contributed by atoms with Crippen LogP contribution in [0.15, 0.2) is 52.9 Å². The molecule has 0 saturated carbocycles. The molecule has 25 heavy (non-hydrogen) atoms. The molecule has 0 fully saturated rings. The first kappa shape index (κ1) is 17.0. The van der Waals surface area contributed by atoms with Crippen LogP contribution in [0.1, 0.15) is 25.3 Å². The van der Waals surface area contributed by atoms with E-state index in [9.17, 15) is 0 Å². The highest BCUT2D eigenvalue weighted by Gasteiger charge is 2.13. The fraction of sp³-hybridized carbons (Fsp3) is 0.300. The molecule has 3 rings (SSSR count). The molecule has 5 nitrogen and oxygen atoms in total. The zero-order valence-electron chi connectivity index (χ0n) is 14.6. The Morgan fingerprint density at radius 1 is 0.840 bits per heavy atom. The Morgan fingerprint density at radius 2 is 1.60 bits per heavy atom. The van der Waals surface area contributed by atoms with Crippen LogP contribution in [0.5, 0.6) is 11.5 Å². The van der Waals surface area contributed by atoms with Gasteiger partial charge in [0.2, 0.25) is 11.8 Å². The van der Waals surface area contributed by atoms with Gasteiger partial charge in [0.25, 0.3) is 0 Å². The molecule has 0 bridgehead atoms. The molecule has 0 unspecified atom stereocenters. The molecule has 0 N–H and O–H groups in total. The van der Waals surface area contributed by atoms with E-state index >= 15 is 0 Å². The highest BCUT2D eigenvalue weighted by Crippen LogP contribution is 2.32. The summed E-state index contributed by atoms with van der Waals surface area (Å²) in [5.74, 6) is 2.53. The van der Waals surface area contributed by atoms with Gasteiger partial charge in [-0.05, 0) is 44.0 Å². The van der Waals surface area contributed by atoms with E-state index in [1.54, 1.807) is 0 Å². The highest BCUT2D eigenvalue weighted by molar-refractivity contribution is 5.59. The van der Waals surface area contributed by atoms with E-state index in [1.807, 2.05) is 50.2 Å². The molecule has 0 saturated heterocycles. The normalized spacial score (nSPS) is 10.6. The van der Waals surface area contributed by atoms with Crippen LogP contribution in [0.25, 0.3) is 11.5 Å². The number of nitrogens with zero attached hydrogens (tertiary/aromatic N) is 2. The Labute approximate surface area is 147 Å². The number of rotatable bonds is 8. The van der Waals surface area contributed by atoms with Gasteiger partial charge in [-0.3, -0.25) is 0 Å². The highest BCUT2D eigenvalue weighted by atomic mass is 16.5. The molecule has 0 aliphatic heterocycles. The number of hydrogen-bond donors (Lipinski definition) is 0. The third-order valence-electron chi connectivity index (χ3n) is 3.73. The SMILES string of the molecule is CCOc1ccc(-c2nnc(CCc3ccccc3)o2)cc1OCC. The van der Waals surface area contributed by atoms with Gasteiger partial charge < -0.3 is 13.9 Å². The van der Waals surface area contributed by atoms with Crippen molar-refractivity contribution in [3.8, 4) is 23.0 Å². The fourth-order valence-electron chi connectivity index (χ4n) is 2.55. The van der Waals surface area contributed by atoms with Gasteiger partial charge in [0, 0.05) is 12.0 Å². The van der Waals surface area contributed by atoms with Gasteiger partial charge in [-0.15, -0.1) is 10.2 Å². The predicted molar refractivity (Wildman–Crippen MR) is 95.9 cm³/mol. The van der Waals surface area contributed by atoms with Crippen molar-refractivity contribution in [3.63, 3.8) is 0 Å². The van der Waals surface area contributed by atoms with Gasteiger partial charge in [-0.2, -0.15) is 0 Å². The monoisotopic (exact) mass is 338 g/mol. The number of benzene rings is 2. The second kappa shape index (κ2) is 8.33. The van der Waals surface area contributed by atoms with E-state index in [1.165, 1.54) is 5.56 Å². The zero-order chi connectivity index (χ0) is 17.5. The van der Waals surface area contributed by atoms with Gasteiger partial charge in [0.1, 0.15) is 0 Å². The summed E-state index contributed by atoms with van der Waals surface area (Å²) >= 11 is 0. The average Bonchev–Trinajstić information content (AvgIpc) is 3.12. The molecule has 0 aliphatic rings. The summed E-state index contributed by atoms with van der Waals surface area (Å²) in [4.78, 5) is 0. The molecule has 5 heteroatoms. The van der Waals surface area contributed by atoms with Crippen molar-refractivity contribution in [1.82, 2.24) is 10.2 Å². The van der Waals surface area contributed by atoms with Crippen LogP contribution in [0, 0.1) is 0 Å². The Balaban J connectivity index is 1.74. The molecule has 3 aromatic rings. The molecule has 2 aromatic carbocycles. The van der Waals surface area contributed by atoms with Gasteiger partial charge in [0.15, 0.2) is 11.5 Å². The first-order valence-corrected chi connectivity index (χ1v) is 8.56. The Hall–Kier alpha value is -2.82. The van der Waals surface area contributed by atoms with Gasteiger partial charge in [0.05, 0.1) is 13.2 Å². The van der Waals surface area contributed by atoms with Gasteiger partial charge in [-0.1, -0.05) is 30.3 Å². The van der Waals surface area contributed by atoms with Crippen LogP contribution in [0.3, 0.4) is 0 Å². The minimum Gasteiger partial charge on any atom is -0.490 e. The lowest BCUT2D eigenvalue weighted by Gasteiger charge is -2.11. The molecule has 0 aliphatic carbocycles. The molecule has 0 radical (unpaired) electrons. The molecular formula is C20H22N2O3. The van der Waals surface area contributed by atoms with Crippen molar-refractivity contribution in [2.45, 2.75) is 26.7 Å². The standard InChI is InChI=1S/C20H22N2O3/c1-3-23-17-12-11-16(14-18(17)24-4-2)20-22-21-19(25-20)13-10-15-8-6-5-7-9-15/h5-9,11-12,14H,3-4,10,13H2,1-2H3. The lowest BCUT2D eigenvalue weighted by atomic mass is 10.1. The Bertz CT molecular complexity index is 800. The van der Waals surface area contributed by atoms with E-state index < -0.39 is 0 Å². The van der Waals surface area contributed by atoms with E-state index in [4.69, 9.17) is 13.9 Å². The average molecular weight is 338 g/mol. The minimum absolute atomic E-state index is 0.493. The van der Waals surface area contributed by atoms with Crippen molar-refractivity contribution < 1.29 is 13.9 Å². The summed E-state index contributed by atoms with van der Waals surface area (Å²) in [6.07, 6.45) is 1.59. The number of aromatic nitrogens is 2. The van der Waals surface area contributed by atoms with E-state index in [0.29, 0.717) is 37.2 Å². The molecule has 0 amide bonds. The van der Waals surface area contributed by atoms with Crippen LogP contribution < -0.4 is 9.47 Å². The maximum atomic E-state index is 5.81. The van der Waals surface area contributed by atoms with Crippen molar-refractivity contribution in [1.29, 1.82) is 0 Å². The van der Waals surface area contributed by atoms with Gasteiger partial charge in [-0.25, -0.2) is 0 Å². The van der Waals surface area contributed by atoms with E-state index in [2.05, 4.69) is 22.3 Å². The van der Waals surface area contributed by atoms with Crippen LogP contribution in [0.4, 0.5) is 0 Å². The molecule has 0 spiro atoms. The van der Waals surface area contributed by atoms with Crippen molar-refractivity contribution in [2.24, 2.45) is 0 Å². The molecule has 1 aromatic heterocycles. The Morgan fingerprint density at radius 3 is 2.36 bits per heavy atom. The largest absolute Gasteiger partial charge is 0.490 e. The first-order chi connectivity index (χ1) is 12.3. The molecule has 0 atom stereocenters. The van der Waals surface area contributed by atoms with Crippen LogP contribution >= 0.6 is 0 Å². The Kier molecular flexibility index (Phi) is 5.67. The van der Waals surface area contributed by atoms with Gasteiger partial charge >= 0.3 is 0 Å². The maximum Gasteiger partial charge on any atom is 0.247 e. The lowest BCUT2D eigenvalue weighted by molar-refractivity contribution is 0.288. The fourth-order valence-corrected chi connectivity index (χ4v) is 2.55. The van der Waals surface area contributed by atoms with E-state index in [0.717, 1.165) is 17.7 Å². The number of ether oxygens (including phenoxy) is 2. The summed E-state index contributed by atoms with van der Waals surface area (Å²) in [6, 6.07) is 15.9. The van der Waals surface area contributed by atoms with Crippen molar-refractivity contribution in [2.75, 3.05) is 13.2 Å². The summed E-state index contributed by atoms with van der Waals surface area (Å²) in [5.41, 5.74) is 2.08. The second-order valence-electron chi connectivity index (χ2n) is 5.51. The first-order valence-electron chi connectivity index (χ1n) is 8.56. The van der Waals surface area contributed by atoms with Crippen LogP contribution in [-0.4, -0.2) is 23.4 Å². The zero-order valence-corrected chi connectivity index (χ0v) is 14.6. The minimum atomic E-state index is 0.493. The molecule has 130 valence electrons. The van der Waals surface area contributed by atoms with Crippen molar-refractivity contribution in [3.05, 3.63) is 60.0 Å². The lowest BCUT2D eigenvalue weighted by Crippen LogP contribution is -1.98. The maximum absolute atomic E-state index is 5.81. The summed E-state index contributed by atoms with van der Waals surface area (Å²) in [7, 11) is 0. The summed E-state index contributed by atoms with van der Waals surface area (Å²) < 4.78 is 17.0. The second-order valence-corrected chi connectivity index (χ2v) is 5.51. The topological polar surface area (TPSA) is 57.4 Å². The molecule has 1 heterocycles. The smallest absolute Gasteiger partial charge is 0.247 e. The number of aryl methyl sites for hydroxylation is 2. The van der Waals surface area contributed by atoms with Crippen LogP contribution in [-0.2, 0) is 12.8 Å². The summed E-state index contributed by atoms with van der Waals surface area (Å²) in [6.45, 7) is 5.04. The summed E-state index contributed by atoms with van der Waals surface area (Å²) in [5, 5.41) is 8.32.